The van der Waals surface area contributed by atoms with E-state index < -0.39 is 0 Å². The zero-order valence-corrected chi connectivity index (χ0v) is 18.0. The number of nitrogens with zero attached hydrogens (tertiary/aromatic N) is 2. The molecule has 1 aliphatic rings. The van der Waals surface area contributed by atoms with Crippen molar-refractivity contribution in [1.82, 2.24) is 15.6 Å². The zero-order chi connectivity index (χ0) is 16.3. The van der Waals surface area contributed by atoms with E-state index in [1.54, 1.807) is 11.3 Å². The van der Waals surface area contributed by atoms with E-state index in [2.05, 4.69) is 26.0 Å². The molecule has 0 spiro atoms. The van der Waals surface area contributed by atoms with Gasteiger partial charge in [-0.05, 0) is 51.4 Å². The van der Waals surface area contributed by atoms with Crippen LogP contribution in [0.3, 0.4) is 0 Å². The Morgan fingerprint density at radius 1 is 1.29 bits per heavy atom. The first-order valence-electron chi connectivity index (χ1n) is 8.71. The van der Waals surface area contributed by atoms with Crippen LogP contribution < -0.4 is 10.6 Å². The van der Waals surface area contributed by atoms with Crippen LogP contribution in [0.25, 0.3) is 0 Å². The van der Waals surface area contributed by atoms with Crippen molar-refractivity contribution in [2.45, 2.75) is 45.4 Å². The maximum absolute atomic E-state index is 5.62. The Balaban J connectivity index is 0.00000288. The van der Waals surface area contributed by atoms with Gasteiger partial charge in [-0.15, -0.1) is 35.3 Å². The molecule has 5 nitrogen and oxygen atoms in total. The maximum Gasteiger partial charge on any atom is 0.190 e. The molecule has 0 atom stereocenters. The van der Waals surface area contributed by atoms with Gasteiger partial charge in [0.25, 0.3) is 0 Å². The molecule has 138 valence electrons. The van der Waals surface area contributed by atoms with Crippen LogP contribution in [-0.4, -0.2) is 44.3 Å². The Labute approximate surface area is 167 Å². The van der Waals surface area contributed by atoms with Gasteiger partial charge in [-0.1, -0.05) is 0 Å². The van der Waals surface area contributed by atoms with Crippen molar-refractivity contribution in [1.29, 1.82) is 0 Å². The van der Waals surface area contributed by atoms with Crippen LogP contribution >= 0.6 is 35.3 Å². The number of aryl methyl sites for hydroxylation is 2. The summed E-state index contributed by atoms with van der Waals surface area (Å²) >= 11 is 1.76. The SMILES string of the molecule is CN=C(NCCCCc1nc(C)cs1)NCCCOCC1CC1.I. The number of unbranched alkanes of at least 4 members (excludes halogenated alkanes) is 1. The Morgan fingerprint density at radius 2 is 2.04 bits per heavy atom. The molecule has 1 fully saturated rings. The Bertz CT molecular complexity index is 477. The Morgan fingerprint density at radius 3 is 2.67 bits per heavy atom. The number of rotatable bonds is 11. The van der Waals surface area contributed by atoms with E-state index in [0.29, 0.717) is 0 Å². The van der Waals surface area contributed by atoms with Crippen LogP contribution in [0, 0.1) is 12.8 Å². The van der Waals surface area contributed by atoms with Crippen molar-refractivity contribution in [2.75, 3.05) is 33.4 Å². The Hall–Kier alpha value is -0.410. The van der Waals surface area contributed by atoms with Crippen molar-refractivity contribution < 1.29 is 4.74 Å². The minimum Gasteiger partial charge on any atom is -0.381 e. The Kier molecular flexibility index (Phi) is 11.6. The molecule has 7 heteroatoms. The maximum atomic E-state index is 5.62. The fraction of sp³-hybridized carbons (Fsp3) is 0.765. The summed E-state index contributed by atoms with van der Waals surface area (Å²) in [6.07, 6.45) is 7.10. The smallest absolute Gasteiger partial charge is 0.190 e. The summed E-state index contributed by atoms with van der Waals surface area (Å²) < 4.78 is 5.62. The molecule has 0 unspecified atom stereocenters. The first-order chi connectivity index (χ1) is 11.3. The highest BCUT2D eigenvalue weighted by Crippen LogP contribution is 2.28. The molecule has 0 amide bonds. The van der Waals surface area contributed by atoms with Crippen molar-refractivity contribution in [2.24, 2.45) is 10.9 Å². The molecular formula is C17H31IN4OS. The largest absolute Gasteiger partial charge is 0.381 e. The molecule has 1 aromatic heterocycles. The third-order valence-corrected chi connectivity index (χ3v) is 4.83. The second-order valence-electron chi connectivity index (χ2n) is 6.14. The molecule has 1 aliphatic carbocycles. The number of hydrogen-bond donors (Lipinski definition) is 2. The van der Waals surface area contributed by atoms with Gasteiger partial charge in [0.1, 0.15) is 0 Å². The van der Waals surface area contributed by atoms with Crippen molar-refractivity contribution in [3.8, 4) is 0 Å². The molecule has 2 N–H and O–H groups in total. The summed E-state index contributed by atoms with van der Waals surface area (Å²) in [5.41, 5.74) is 1.13. The third kappa shape index (κ3) is 9.78. The molecule has 0 radical (unpaired) electrons. The fourth-order valence-corrected chi connectivity index (χ4v) is 3.08. The lowest BCUT2D eigenvalue weighted by atomic mass is 10.2. The predicted molar refractivity (Wildman–Crippen MR) is 113 cm³/mol. The van der Waals surface area contributed by atoms with Gasteiger partial charge in [-0.2, -0.15) is 0 Å². The van der Waals surface area contributed by atoms with E-state index >= 15 is 0 Å². The summed E-state index contributed by atoms with van der Waals surface area (Å²) in [7, 11) is 1.82. The number of guanidine groups is 1. The topological polar surface area (TPSA) is 58.5 Å². The number of nitrogens with one attached hydrogen (secondary N) is 2. The number of halogens is 1. The molecular weight excluding hydrogens is 435 g/mol. The highest BCUT2D eigenvalue weighted by molar-refractivity contribution is 14.0. The van der Waals surface area contributed by atoms with E-state index in [4.69, 9.17) is 4.74 Å². The summed E-state index contributed by atoms with van der Waals surface area (Å²) in [6, 6.07) is 0. The van der Waals surface area contributed by atoms with Crippen LogP contribution in [0.1, 0.15) is 42.8 Å². The summed E-state index contributed by atoms with van der Waals surface area (Å²) in [6.45, 7) is 5.69. The number of ether oxygens (including phenoxy) is 1. The first-order valence-corrected chi connectivity index (χ1v) is 9.59. The summed E-state index contributed by atoms with van der Waals surface area (Å²) in [5.74, 6) is 1.74. The minimum atomic E-state index is 0. The third-order valence-electron chi connectivity index (χ3n) is 3.81. The van der Waals surface area contributed by atoms with E-state index in [-0.39, 0.29) is 24.0 Å². The van der Waals surface area contributed by atoms with E-state index in [1.807, 2.05) is 14.0 Å². The lowest BCUT2D eigenvalue weighted by Crippen LogP contribution is -2.38. The molecule has 1 heterocycles. The highest BCUT2D eigenvalue weighted by atomic mass is 127. The van der Waals surface area contributed by atoms with Gasteiger partial charge in [-0.25, -0.2) is 4.98 Å². The van der Waals surface area contributed by atoms with Crippen molar-refractivity contribution in [3.63, 3.8) is 0 Å². The normalized spacial score (nSPS) is 14.3. The molecule has 0 bridgehead atoms. The first kappa shape index (κ1) is 21.6. The molecule has 2 rings (SSSR count). The molecule has 1 saturated carbocycles. The molecule has 0 aliphatic heterocycles. The fourth-order valence-electron chi connectivity index (χ4n) is 2.26. The number of aliphatic imine (C=N–C) groups is 1. The van der Waals surface area contributed by atoms with Crippen LogP contribution in [0.2, 0.25) is 0 Å². The molecule has 0 aromatic carbocycles. The quantitative estimate of drug-likeness (QED) is 0.227. The average molecular weight is 466 g/mol. The van der Waals surface area contributed by atoms with Crippen LogP contribution in [0.5, 0.6) is 0 Å². The lowest BCUT2D eigenvalue weighted by molar-refractivity contribution is 0.123. The standard InChI is InChI=1S/C17H30N4OS.HI/c1-14-13-23-16(21-14)6-3-4-9-19-17(18-2)20-10-5-11-22-12-15-7-8-15;/h13,15H,3-12H2,1-2H3,(H2,18,19,20);1H. The molecule has 24 heavy (non-hydrogen) atoms. The lowest BCUT2D eigenvalue weighted by Gasteiger charge is -2.11. The van der Waals surface area contributed by atoms with E-state index in [9.17, 15) is 0 Å². The van der Waals surface area contributed by atoms with Crippen molar-refractivity contribution in [3.05, 3.63) is 16.1 Å². The second-order valence-corrected chi connectivity index (χ2v) is 7.08. The van der Waals surface area contributed by atoms with Gasteiger partial charge in [0.05, 0.1) is 5.01 Å². The van der Waals surface area contributed by atoms with Gasteiger partial charge in [0.2, 0.25) is 0 Å². The van der Waals surface area contributed by atoms with Gasteiger partial charge in [-0.3, -0.25) is 4.99 Å². The van der Waals surface area contributed by atoms with Gasteiger partial charge in [0, 0.05) is 44.4 Å². The van der Waals surface area contributed by atoms with Gasteiger partial charge >= 0.3 is 0 Å². The molecule has 0 saturated heterocycles. The van der Waals surface area contributed by atoms with Crippen molar-refractivity contribution >= 4 is 41.3 Å². The second kappa shape index (κ2) is 12.9. The summed E-state index contributed by atoms with van der Waals surface area (Å²) in [5, 5.41) is 10.1. The minimum absolute atomic E-state index is 0. The van der Waals surface area contributed by atoms with Crippen LogP contribution in [-0.2, 0) is 11.2 Å². The predicted octanol–water partition coefficient (Wildman–Crippen LogP) is 3.37. The molecule has 1 aromatic rings. The monoisotopic (exact) mass is 466 g/mol. The summed E-state index contributed by atoms with van der Waals surface area (Å²) in [4.78, 5) is 8.74. The van der Waals surface area contributed by atoms with Crippen LogP contribution in [0.4, 0.5) is 0 Å². The van der Waals surface area contributed by atoms with Gasteiger partial charge < -0.3 is 15.4 Å². The highest BCUT2D eigenvalue weighted by Gasteiger charge is 2.20. The average Bonchev–Trinajstić information content (AvgIpc) is 3.29. The van der Waals surface area contributed by atoms with E-state index in [0.717, 1.165) is 69.6 Å². The number of thiazole rings is 1. The number of aromatic nitrogens is 1. The van der Waals surface area contributed by atoms with Crippen LogP contribution in [0.15, 0.2) is 10.4 Å². The van der Waals surface area contributed by atoms with Gasteiger partial charge in [0.15, 0.2) is 5.96 Å². The zero-order valence-electron chi connectivity index (χ0n) is 14.8. The van der Waals surface area contributed by atoms with E-state index in [1.165, 1.54) is 17.8 Å². The number of hydrogen-bond acceptors (Lipinski definition) is 4.